The van der Waals surface area contributed by atoms with Gasteiger partial charge in [0.25, 0.3) is 5.91 Å². The molecule has 2 aromatic carbocycles. The number of methoxy groups -OCH3 is 3. The Morgan fingerprint density at radius 3 is 2.41 bits per heavy atom. The second-order valence-electron chi connectivity index (χ2n) is 6.63. The number of carbonyl (C=O) groups is 2. The molecule has 1 unspecified atom stereocenters. The van der Waals surface area contributed by atoms with Crippen LogP contribution in [-0.4, -0.2) is 43.2 Å². The first-order valence-electron chi connectivity index (χ1n) is 9.54. The number of nitrogens with one attached hydrogen (secondary N) is 2. The van der Waals surface area contributed by atoms with Crippen molar-refractivity contribution in [2.75, 3.05) is 32.0 Å². The van der Waals surface area contributed by atoms with Crippen LogP contribution in [0.25, 0.3) is 0 Å². The number of hydrogen-bond acceptors (Lipinski definition) is 9. The minimum atomic E-state index is -0.887. The fourth-order valence-electron chi connectivity index (χ4n) is 3.31. The Hall–Kier alpha value is -4.34. The van der Waals surface area contributed by atoms with Crippen LogP contribution in [0.2, 0.25) is 0 Å². The van der Waals surface area contributed by atoms with Crippen molar-refractivity contribution in [3.8, 4) is 17.2 Å². The molecule has 32 heavy (non-hydrogen) atoms. The number of ether oxygens (including phenoxy) is 4. The van der Waals surface area contributed by atoms with E-state index < -0.39 is 18.1 Å². The average Bonchev–Trinajstić information content (AvgIpc) is 3.14. The molecule has 164 valence electrons. The van der Waals surface area contributed by atoms with Crippen molar-refractivity contribution in [1.29, 1.82) is 0 Å². The molecule has 10 nitrogen and oxygen atoms in total. The summed E-state index contributed by atoms with van der Waals surface area (Å²) in [5.41, 5.74) is 1.37. The summed E-state index contributed by atoms with van der Waals surface area (Å²) in [5, 5.41) is 5.73. The van der Waals surface area contributed by atoms with Crippen LogP contribution in [0, 0.1) is 0 Å². The Labute approximate surface area is 183 Å². The van der Waals surface area contributed by atoms with Gasteiger partial charge in [-0.2, -0.15) is 0 Å². The lowest BCUT2D eigenvalue weighted by Gasteiger charge is -2.16. The molecule has 2 heterocycles. The lowest BCUT2D eigenvalue weighted by atomic mass is 10.1. The Balaban J connectivity index is 1.59. The summed E-state index contributed by atoms with van der Waals surface area (Å²) in [6.45, 7) is 0. The smallest absolute Gasteiger partial charge is 0.344 e. The highest BCUT2D eigenvalue weighted by Gasteiger charge is 2.36. The molecule has 0 aliphatic carbocycles. The van der Waals surface area contributed by atoms with Gasteiger partial charge in [0.05, 0.1) is 21.3 Å². The normalized spacial score (nSPS) is 14.2. The molecule has 10 heteroatoms. The SMILES string of the molecule is COc1ccc(NC(=O)c2nccnc2NC2OC(=O)c3c2ccc(OC)c3OC)cc1. The van der Waals surface area contributed by atoms with Gasteiger partial charge in [0.1, 0.15) is 11.3 Å². The predicted molar refractivity (Wildman–Crippen MR) is 114 cm³/mol. The monoisotopic (exact) mass is 436 g/mol. The molecule has 0 bridgehead atoms. The molecule has 0 spiro atoms. The topological polar surface area (TPSA) is 121 Å². The summed E-state index contributed by atoms with van der Waals surface area (Å²) < 4.78 is 21.2. The maximum absolute atomic E-state index is 12.8. The molecular weight excluding hydrogens is 416 g/mol. The standard InChI is InChI=1S/C22H20N4O6/c1-29-13-6-4-12(5-7-13)25-20(27)17-19(24-11-10-23-17)26-21-14-8-9-15(30-2)18(31-3)16(14)22(28)32-21/h4-11,21H,1-3H3,(H,24,26)(H,25,27). The molecule has 1 aromatic heterocycles. The molecule has 0 saturated carbocycles. The minimum Gasteiger partial charge on any atom is -0.497 e. The first-order chi connectivity index (χ1) is 15.5. The number of carbonyl (C=O) groups excluding carboxylic acids is 2. The Bertz CT molecular complexity index is 1170. The van der Waals surface area contributed by atoms with Gasteiger partial charge < -0.3 is 29.6 Å². The summed E-state index contributed by atoms with van der Waals surface area (Å²) >= 11 is 0. The number of hydrogen-bond donors (Lipinski definition) is 2. The van der Waals surface area contributed by atoms with Crippen molar-refractivity contribution in [2.24, 2.45) is 0 Å². The van der Waals surface area contributed by atoms with Crippen LogP contribution in [0.3, 0.4) is 0 Å². The second kappa shape index (κ2) is 8.80. The van der Waals surface area contributed by atoms with Crippen LogP contribution in [0.1, 0.15) is 32.6 Å². The Kier molecular flexibility index (Phi) is 5.75. The molecule has 4 rings (SSSR count). The summed E-state index contributed by atoms with van der Waals surface area (Å²) in [6.07, 6.45) is 1.94. The number of fused-ring (bicyclic) bond motifs is 1. The lowest BCUT2D eigenvalue weighted by molar-refractivity contribution is 0.0434. The number of anilines is 2. The Morgan fingerprint density at radius 1 is 0.969 bits per heavy atom. The molecule has 3 aromatic rings. The zero-order valence-corrected chi connectivity index (χ0v) is 17.5. The fourth-order valence-corrected chi connectivity index (χ4v) is 3.31. The first-order valence-corrected chi connectivity index (χ1v) is 9.54. The van der Waals surface area contributed by atoms with E-state index in [9.17, 15) is 9.59 Å². The predicted octanol–water partition coefficient (Wildman–Crippen LogP) is 3.04. The van der Waals surface area contributed by atoms with Gasteiger partial charge in [-0.15, -0.1) is 0 Å². The fraction of sp³-hybridized carbons (Fsp3) is 0.182. The van der Waals surface area contributed by atoms with E-state index in [-0.39, 0.29) is 22.8 Å². The van der Waals surface area contributed by atoms with Gasteiger partial charge in [0.2, 0.25) is 6.23 Å². The first kappa shape index (κ1) is 20.9. The number of cyclic esters (lactones) is 1. The maximum Gasteiger partial charge on any atom is 0.344 e. The van der Waals surface area contributed by atoms with Gasteiger partial charge in [-0.1, -0.05) is 0 Å². The van der Waals surface area contributed by atoms with Crippen LogP contribution in [0.15, 0.2) is 48.8 Å². The second-order valence-corrected chi connectivity index (χ2v) is 6.63. The van der Waals surface area contributed by atoms with Crippen LogP contribution in [0.4, 0.5) is 11.5 Å². The number of nitrogens with zero attached hydrogens (tertiary/aromatic N) is 2. The van der Waals surface area contributed by atoms with Gasteiger partial charge in [0, 0.05) is 23.6 Å². The molecule has 0 radical (unpaired) electrons. The van der Waals surface area contributed by atoms with Crippen molar-refractivity contribution < 1.29 is 28.5 Å². The van der Waals surface area contributed by atoms with Gasteiger partial charge in [0.15, 0.2) is 23.0 Å². The largest absolute Gasteiger partial charge is 0.497 e. The third-order valence-corrected chi connectivity index (χ3v) is 4.82. The van der Waals surface area contributed by atoms with Crippen molar-refractivity contribution >= 4 is 23.4 Å². The molecule has 0 saturated heterocycles. The highest BCUT2D eigenvalue weighted by molar-refractivity contribution is 6.06. The third-order valence-electron chi connectivity index (χ3n) is 4.82. The molecule has 1 aliphatic heterocycles. The number of esters is 1. The molecule has 1 amide bonds. The molecule has 1 aliphatic rings. The maximum atomic E-state index is 12.8. The van der Waals surface area contributed by atoms with Gasteiger partial charge in [-0.05, 0) is 36.4 Å². The molecule has 2 N–H and O–H groups in total. The van der Waals surface area contributed by atoms with Crippen molar-refractivity contribution in [3.63, 3.8) is 0 Å². The molecule has 1 atom stereocenters. The lowest BCUT2D eigenvalue weighted by Crippen LogP contribution is -2.19. The highest BCUT2D eigenvalue weighted by Crippen LogP contribution is 2.42. The van der Waals surface area contributed by atoms with Crippen LogP contribution < -0.4 is 24.8 Å². The molecular formula is C22H20N4O6. The summed E-state index contributed by atoms with van der Waals surface area (Å²) in [5.74, 6) is 0.431. The van der Waals surface area contributed by atoms with Crippen LogP contribution in [-0.2, 0) is 4.74 Å². The van der Waals surface area contributed by atoms with Gasteiger partial charge in [-0.3, -0.25) is 4.79 Å². The highest BCUT2D eigenvalue weighted by atomic mass is 16.6. The van der Waals surface area contributed by atoms with E-state index in [0.717, 1.165) is 0 Å². The number of aromatic nitrogens is 2. The van der Waals surface area contributed by atoms with E-state index in [1.165, 1.54) is 26.6 Å². The summed E-state index contributed by atoms with van der Waals surface area (Å²) in [6, 6.07) is 10.2. The van der Waals surface area contributed by atoms with Gasteiger partial charge in [-0.25, -0.2) is 14.8 Å². The van der Waals surface area contributed by atoms with Crippen LogP contribution in [0.5, 0.6) is 17.2 Å². The zero-order valence-electron chi connectivity index (χ0n) is 17.5. The number of rotatable bonds is 7. The van der Waals surface area contributed by atoms with Crippen molar-refractivity contribution in [2.45, 2.75) is 6.23 Å². The van der Waals surface area contributed by atoms with E-state index in [1.807, 2.05) is 0 Å². The van der Waals surface area contributed by atoms with Crippen molar-refractivity contribution in [3.05, 3.63) is 65.6 Å². The van der Waals surface area contributed by atoms with E-state index in [2.05, 4.69) is 20.6 Å². The minimum absolute atomic E-state index is 0.0355. The summed E-state index contributed by atoms with van der Waals surface area (Å²) in [4.78, 5) is 33.7. The third kappa shape index (κ3) is 3.85. The van der Waals surface area contributed by atoms with E-state index in [4.69, 9.17) is 18.9 Å². The van der Waals surface area contributed by atoms with E-state index in [0.29, 0.717) is 22.7 Å². The zero-order chi connectivity index (χ0) is 22.7. The Morgan fingerprint density at radius 2 is 1.72 bits per heavy atom. The van der Waals surface area contributed by atoms with Crippen LogP contribution >= 0.6 is 0 Å². The average molecular weight is 436 g/mol. The van der Waals surface area contributed by atoms with Gasteiger partial charge >= 0.3 is 5.97 Å². The summed E-state index contributed by atoms with van der Waals surface area (Å²) in [7, 11) is 4.48. The van der Waals surface area contributed by atoms with Crippen molar-refractivity contribution in [1.82, 2.24) is 9.97 Å². The number of amides is 1. The quantitative estimate of drug-likeness (QED) is 0.538. The number of benzene rings is 2. The van der Waals surface area contributed by atoms with E-state index >= 15 is 0 Å². The van der Waals surface area contributed by atoms with E-state index in [1.54, 1.807) is 43.5 Å². The molecule has 0 fully saturated rings.